The molecule has 0 radical (unpaired) electrons. The standard InChI is InChI=1S/C18H22BrN3O2.ClH/c1-23-17-8-14(15(19)9-18(17)24-2)12-22-7-6-21-11-16(22)13-4-3-5-20-10-13;/h3-5,8-10,16,21H,6-7,11-12H2,1-2H3;1H. The molecule has 2 aromatic rings. The smallest absolute Gasteiger partial charge is 0.161 e. The molecule has 2 heterocycles. The van der Waals surface area contributed by atoms with Crippen LogP contribution in [0.2, 0.25) is 0 Å². The van der Waals surface area contributed by atoms with E-state index in [0.717, 1.165) is 42.2 Å². The van der Waals surface area contributed by atoms with Gasteiger partial charge in [0.05, 0.1) is 14.2 Å². The van der Waals surface area contributed by atoms with Crippen LogP contribution in [-0.4, -0.2) is 43.7 Å². The molecule has 1 aliphatic heterocycles. The summed E-state index contributed by atoms with van der Waals surface area (Å²) in [5.74, 6) is 1.49. The Balaban J connectivity index is 0.00000225. The van der Waals surface area contributed by atoms with Gasteiger partial charge in [0.15, 0.2) is 11.5 Å². The third-order valence-corrected chi connectivity index (χ3v) is 5.09. The number of nitrogens with zero attached hydrogens (tertiary/aromatic N) is 2. The molecule has 1 fully saturated rings. The van der Waals surface area contributed by atoms with Crippen LogP contribution >= 0.6 is 28.3 Å². The van der Waals surface area contributed by atoms with Crippen LogP contribution in [0.4, 0.5) is 0 Å². The van der Waals surface area contributed by atoms with Gasteiger partial charge in [-0.25, -0.2) is 0 Å². The minimum absolute atomic E-state index is 0. The van der Waals surface area contributed by atoms with Crippen molar-refractivity contribution in [2.45, 2.75) is 12.6 Å². The van der Waals surface area contributed by atoms with Gasteiger partial charge in [0.25, 0.3) is 0 Å². The van der Waals surface area contributed by atoms with Gasteiger partial charge in [-0.3, -0.25) is 9.88 Å². The van der Waals surface area contributed by atoms with Gasteiger partial charge in [0.1, 0.15) is 0 Å². The van der Waals surface area contributed by atoms with Crippen LogP contribution in [0.15, 0.2) is 41.1 Å². The van der Waals surface area contributed by atoms with Crippen LogP contribution in [-0.2, 0) is 6.54 Å². The molecule has 1 saturated heterocycles. The predicted octanol–water partition coefficient (Wildman–Crippen LogP) is 3.43. The summed E-state index contributed by atoms with van der Waals surface area (Å²) in [6.07, 6.45) is 3.77. The lowest BCUT2D eigenvalue weighted by Crippen LogP contribution is -2.45. The zero-order chi connectivity index (χ0) is 16.9. The molecule has 0 bridgehead atoms. The van der Waals surface area contributed by atoms with Gasteiger partial charge in [0.2, 0.25) is 0 Å². The van der Waals surface area contributed by atoms with E-state index in [9.17, 15) is 0 Å². The summed E-state index contributed by atoms with van der Waals surface area (Å²) < 4.78 is 11.8. The number of methoxy groups -OCH3 is 2. The molecule has 3 rings (SSSR count). The highest BCUT2D eigenvalue weighted by Crippen LogP contribution is 2.35. The van der Waals surface area contributed by atoms with E-state index in [2.05, 4.69) is 37.2 Å². The summed E-state index contributed by atoms with van der Waals surface area (Å²) in [5.41, 5.74) is 2.42. The minimum Gasteiger partial charge on any atom is -0.493 e. The highest BCUT2D eigenvalue weighted by atomic mass is 79.9. The summed E-state index contributed by atoms with van der Waals surface area (Å²) >= 11 is 3.66. The van der Waals surface area contributed by atoms with Crippen LogP contribution in [0.5, 0.6) is 11.5 Å². The number of hydrogen-bond acceptors (Lipinski definition) is 5. The Kier molecular flexibility index (Phi) is 7.50. The van der Waals surface area contributed by atoms with Gasteiger partial charge in [0, 0.05) is 49.1 Å². The fourth-order valence-electron chi connectivity index (χ4n) is 3.07. The lowest BCUT2D eigenvalue weighted by molar-refractivity contribution is 0.153. The van der Waals surface area contributed by atoms with Gasteiger partial charge < -0.3 is 14.8 Å². The lowest BCUT2D eigenvalue weighted by Gasteiger charge is -2.36. The molecule has 0 spiro atoms. The molecule has 0 amide bonds. The number of rotatable bonds is 5. The maximum Gasteiger partial charge on any atom is 0.161 e. The van der Waals surface area contributed by atoms with E-state index in [0.29, 0.717) is 6.04 Å². The molecule has 0 aliphatic carbocycles. The first-order chi connectivity index (χ1) is 11.7. The lowest BCUT2D eigenvalue weighted by atomic mass is 10.0. The SMILES string of the molecule is COc1cc(Br)c(CN2CCNCC2c2cccnc2)cc1OC.Cl. The number of aromatic nitrogens is 1. The van der Waals surface area contributed by atoms with Crippen molar-refractivity contribution in [3.8, 4) is 11.5 Å². The number of ether oxygens (including phenoxy) is 2. The molecule has 1 atom stereocenters. The first-order valence-electron chi connectivity index (χ1n) is 7.98. The van der Waals surface area contributed by atoms with Crippen molar-refractivity contribution in [1.29, 1.82) is 0 Å². The van der Waals surface area contributed by atoms with E-state index in [1.807, 2.05) is 30.6 Å². The minimum atomic E-state index is 0. The normalized spacial score (nSPS) is 17.6. The van der Waals surface area contributed by atoms with Crippen LogP contribution in [0.25, 0.3) is 0 Å². The highest BCUT2D eigenvalue weighted by molar-refractivity contribution is 9.10. The number of halogens is 2. The monoisotopic (exact) mass is 427 g/mol. The molecule has 1 unspecified atom stereocenters. The average Bonchev–Trinajstić information content (AvgIpc) is 2.64. The first-order valence-corrected chi connectivity index (χ1v) is 8.77. The van der Waals surface area contributed by atoms with Crippen LogP contribution in [0, 0.1) is 0 Å². The molecule has 0 saturated carbocycles. The van der Waals surface area contributed by atoms with Crippen molar-refractivity contribution < 1.29 is 9.47 Å². The summed E-state index contributed by atoms with van der Waals surface area (Å²) in [4.78, 5) is 6.74. The molecule has 1 N–H and O–H groups in total. The molecule has 7 heteroatoms. The Hall–Kier alpha value is -1.34. The zero-order valence-corrected chi connectivity index (χ0v) is 16.8. The fraction of sp³-hybridized carbons (Fsp3) is 0.389. The van der Waals surface area contributed by atoms with Gasteiger partial charge in [-0.1, -0.05) is 22.0 Å². The first kappa shape index (κ1) is 20.0. The van der Waals surface area contributed by atoms with E-state index < -0.39 is 0 Å². The Morgan fingerprint density at radius 3 is 2.72 bits per heavy atom. The number of nitrogens with one attached hydrogen (secondary N) is 1. The van der Waals surface area contributed by atoms with Gasteiger partial charge in [-0.05, 0) is 29.3 Å². The van der Waals surface area contributed by atoms with Crippen LogP contribution in [0.1, 0.15) is 17.2 Å². The van der Waals surface area contributed by atoms with Crippen molar-refractivity contribution in [3.05, 3.63) is 52.3 Å². The summed E-state index contributed by atoms with van der Waals surface area (Å²) in [6, 6.07) is 8.46. The van der Waals surface area contributed by atoms with E-state index >= 15 is 0 Å². The third-order valence-electron chi connectivity index (χ3n) is 4.35. The summed E-state index contributed by atoms with van der Waals surface area (Å²) in [6.45, 7) is 3.74. The second kappa shape index (κ2) is 9.38. The van der Waals surface area contributed by atoms with E-state index in [-0.39, 0.29) is 12.4 Å². The van der Waals surface area contributed by atoms with Crippen molar-refractivity contribution in [3.63, 3.8) is 0 Å². The predicted molar refractivity (Wildman–Crippen MR) is 105 cm³/mol. The molecule has 1 aromatic carbocycles. The quantitative estimate of drug-likeness (QED) is 0.790. The fourth-order valence-corrected chi connectivity index (χ4v) is 3.52. The van der Waals surface area contributed by atoms with Crippen molar-refractivity contribution in [1.82, 2.24) is 15.2 Å². The summed E-state index contributed by atoms with van der Waals surface area (Å²) in [7, 11) is 3.32. The second-order valence-electron chi connectivity index (χ2n) is 5.78. The van der Waals surface area contributed by atoms with Gasteiger partial charge >= 0.3 is 0 Å². The molecule has 25 heavy (non-hydrogen) atoms. The van der Waals surface area contributed by atoms with E-state index in [4.69, 9.17) is 9.47 Å². The Labute approximate surface area is 163 Å². The molecular weight excluding hydrogens is 406 g/mol. The van der Waals surface area contributed by atoms with Crippen molar-refractivity contribution in [2.75, 3.05) is 33.9 Å². The van der Waals surface area contributed by atoms with Crippen molar-refractivity contribution in [2.24, 2.45) is 0 Å². The topological polar surface area (TPSA) is 46.6 Å². The van der Waals surface area contributed by atoms with E-state index in [1.54, 1.807) is 14.2 Å². The molecule has 1 aromatic heterocycles. The largest absolute Gasteiger partial charge is 0.493 e. The molecule has 136 valence electrons. The Bertz CT molecular complexity index is 688. The number of benzene rings is 1. The third kappa shape index (κ3) is 4.64. The Morgan fingerprint density at radius 1 is 1.28 bits per heavy atom. The number of piperazine rings is 1. The zero-order valence-electron chi connectivity index (χ0n) is 14.4. The number of hydrogen-bond donors (Lipinski definition) is 1. The van der Waals surface area contributed by atoms with Gasteiger partial charge in [-0.15, -0.1) is 12.4 Å². The molecule has 5 nitrogen and oxygen atoms in total. The van der Waals surface area contributed by atoms with E-state index in [1.165, 1.54) is 11.1 Å². The second-order valence-corrected chi connectivity index (χ2v) is 6.63. The maximum atomic E-state index is 5.45. The average molecular weight is 429 g/mol. The Morgan fingerprint density at radius 2 is 2.04 bits per heavy atom. The van der Waals surface area contributed by atoms with Gasteiger partial charge in [-0.2, -0.15) is 0 Å². The van der Waals surface area contributed by atoms with Crippen LogP contribution < -0.4 is 14.8 Å². The molecular formula is C18H23BrClN3O2. The number of pyridine rings is 1. The maximum absolute atomic E-state index is 5.45. The van der Waals surface area contributed by atoms with Crippen LogP contribution in [0.3, 0.4) is 0 Å². The van der Waals surface area contributed by atoms with Crippen molar-refractivity contribution >= 4 is 28.3 Å². The highest BCUT2D eigenvalue weighted by Gasteiger charge is 2.25. The summed E-state index contributed by atoms with van der Waals surface area (Å²) in [5, 5.41) is 3.48. The molecule has 1 aliphatic rings.